The Morgan fingerprint density at radius 2 is 2.07 bits per heavy atom. The van der Waals surface area contributed by atoms with E-state index in [1.807, 2.05) is 6.07 Å². The molecule has 0 amide bonds. The maximum Gasteiger partial charge on any atom is 0.338 e. The molecule has 2 fully saturated rings. The van der Waals surface area contributed by atoms with Crippen LogP contribution in [-0.4, -0.2) is 66.9 Å². The van der Waals surface area contributed by atoms with Gasteiger partial charge in [0.15, 0.2) is 0 Å². The summed E-state index contributed by atoms with van der Waals surface area (Å²) in [6.45, 7) is 4.32. The van der Waals surface area contributed by atoms with Crippen molar-refractivity contribution >= 4 is 11.9 Å². The molecule has 2 heterocycles. The van der Waals surface area contributed by atoms with E-state index in [2.05, 4.69) is 16.8 Å². The highest BCUT2D eigenvalue weighted by molar-refractivity contribution is 6.05. The number of likely N-dealkylation sites (tertiary alicyclic amines) is 1. The van der Waals surface area contributed by atoms with Crippen molar-refractivity contribution in [3.63, 3.8) is 0 Å². The highest BCUT2D eigenvalue weighted by Crippen LogP contribution is 2.38. The molecule has 5 atom stereocenters. The van der Waals surface area contributed by atoms with Crippen LogP contribution in [0, 0.1) is 11.8 Å². The lowest BCUT2D eigenvalue weighted by Crippen LogP contribution is -2.51. The zero-order valence-corrected chi connectivity index (χ0v) is 17.4. The zero-order chi connectivity index (χ0) is 20.4. The Balaban J connectivity index is 1.42. The van der Waals surface area contributed by atoms with Gasteiger partial charge >= 0.3 is 5.97 Å². The lowest BCUT2D eigenvalue weighted by atomic mass is 9.73. The molecule has 1 N–H and O–H groups in total. The summed E-state index contributed by atoms with van der Waals surface area (Å²) >= 11 is 0. The Bertz CT molecular complexity index is 765. The Labute approximate surface area is 172 Å². The molecule has 6 heteroatoms. The maximum absolute atomic E-state index is 12.0. The number of hydrogen-bond acceptors (Lipinski definition) is 6. The number of aliphatic hydroxyl groups excluding tert-OH is 1. The molecule has 3 aliphatic rings. The topological polar surface area (TPSA) is 71.4 Å². The molecule has 0 radical (unpaired) electrons. The lowest BCUT2D eigenvalue weighted by Gasteiger charge is -2.45. The average Bonchev–Trinajstić information content (AvgIpc) is 3.24. The third-order valence-corrected chi connectivity index (χ3v) is 6.91. The summed E-state index contributed by atoms with van der Waals surface area (Å²) < 4.78 is 10.6. The van der Waals surface area contributed by atoms with E-state index >= 15 is 0 Å². The number of esters is 1. The van der Waals surface area contributed by atoms with Crippen LogP contribution in [0.4, 0.5) is 0 Å². The molecule has 6 nitrogen and oxygen atoms in total. The van der Waals surface area contributed by atoms with Crippen LogP contribution in [0.25, 0.3) is 0 Å². The zero-order valence-electron chi connectivity index (χ0n) is 17.4. The summed E-state index contributed by atoms with van der Waals surface area (Å²) in [5, 5.41) is 10.9. The number of β-amino-alcohol motifs (C(OH)–C–C–N with tert-alkyl or cyclic N) is 1. The van der Waals surface area contributed by atoms with Crippen LogP contribution in [0.2, 0.25) is 0 Å². The van der Waals surface area contributed by atoms with Crippen molar-refractivity contribution in [2.75, 3.05) is 26.8 Å². The molecule has 1 aromatic rings. The quantitative estimate of drug-likeness (QED) is 0.770. The molecule has 1 saturated carbocycles. The van der Waals surface area contributed by atoms with Crippen LogP contribution in [0.1, 0.15) is 54.9 Å². The van der Waals surface area contributed by atoms with Crippen molar-refractivity contribution in [1.82, 2.24) is 4.90 Å². The number of fused-ring (bicyclic) bond motifs is 1. The number of piperidine rings is 1. The van der Waals surface area contributed by atoms with Gasteiger partial charge in [-0.3, -0.25) is 4.90 Å². The molecule has 4 rings (SSSR count). The van der Waals surface area contributed by atoms with Gasteiger partial charge in [-0.2, -0.15) is 0 Å². The van der Waals surface area contributed by atoms with Crippen molar-refractivity contribution in [3.05, 3.63) is 35.4 Å². The van der Waals surface area contributed by atoms with Gasteiger partial charge in [-0.15, -0.1) is 0 Å². The molecule has 29 heavy (non-hydrogen) atoms. The predicted octanol–water partition coefficient (Wildman–Crippen LogP) is 2.88. The number of carbonyl (C=O) groups excluding carboxylic acids is 1. The number of rotatable bonds is 5. The van der Waals surface area contributed by atoms with E-state index in [1.54, 1.807) is 18.2 Å². The van der Waals surface area contributed by atoms with Gasteiger partial charge in [0.05, 0.1) is 24.3 Å². The Morgan fingerprint density at radius 1 is 1.31 bits per heavy atom. The van der Waals surface area contributed by atoms with Crippen LogP contribution in [0.5, 0.6) is 0 Å². The summed E-state index contributed by atoms with van der Waals surface area (Å²) in [7, 11) is 1.36. The Kier molecular flexibility index (Phi) is 6.20. The number of aliphatic imine (C=N–C) groups is 1. The molecule has 0 bridgehead atoms. The SMILES string of the molecule is COC(=O)c1ccccc1C1=N[C@H]([C@H](O)CN2C[C@H]3CCCC[C@H]3C[C@H]2C)CO1. The fraction of sp³-hybridized carbons (Fsp3) is 0.652. The first-order chi connectivity index (χ1) is 14.1. The van der Waals surface area contributed by atoms with Crippen LogP contribution in [0.3, 0.4) is 0 Å². The van der Waals surface area contributed by atoms with E-state index in [-0.39, 0.29) is 6.04 Å². The maximum atomic E-state index is 12.0. The second-order valence-corrected chi connectivity index (χ2v) is 8.76. The first-order valence-corrected chi connectivity index (χ1v) is 10.9. The summed E-state index contributed by atoms with van der Waals surface area (Å²) in [5.74, 6) is 1.63. The minimum absolute atomic E-state index is 0.313. The van der Waals surface area contributed by atoms with E-state index in [1.165, 1.54) is 39.2 Å². The second-order valence-electron chi connectivity index (χ2n) is 8.76. The predicted molar refractivity (Wildman–Crippen MR) is 111 cm³/mol. The molecule has 0 aromatic heterocycles. The van der Waals surface area contributed by atoms with Crippen molar-refractivity contribution in [2.45, 2.75) is 57.2 Å². The van der Waals surface area contributed by atoms with Crippen LogP contribution < -0.4 is 0 Å². The van der Waals surface area contributed by atoms with Gasteiger partial charge in [0.1, 0.15) is 12.6 Å². The molecule has 1 aliphatic carbocycles. The fourth-order valence-corrected chi connectivity index (χ4v) is 5.21. The van der Waals surface area contributed by atoms with Gasteiger partial charge in [-0.05, 0) is 43.7 Å². The van der Waals surface area contributed by atoms with Crippen molar-refractivity contribution in [2.24, 2.45) is 16.8 Å². The van der Waals surface area contributed by atoms with E-state index in [0.717, 1.165) is 18.4 Å². The third-order valence-electron chi connectivity index (χ3n) is 6.91. The number of carbonyl (C=O) groups is 1. The van der Waals surface area contributed by atoms with Gasteiger partial charge in [0.25, 0.3) is 0 Å². The normalized spacial score (nSPS) is 30.8. The summed E-state index contributed by atoms with van der Waals surface area (Å²) in [5.41, 5.74) is 1.04. The van der Waals surface area contributed by atoms with E-state index in [4.69, 9.17) is 9.47 Å². The summed E-state index contributed by atoms with van der Waals surface area (Å²) in [6, 6.07) is 7.31. The minimum atomic E-state index is -0.583. The first-order valence-electron chi connectivity index (χ1n) is 10.9. The monoisotopic (exact) mass is 400 g/mol. The van der Waals surface area contributed by atoms with Gasteiger partial charge in [0, 0.05) is 19.1 Å². The van der Waals surface area contributed by atoms with Gasteiger partial charge in [0.2, 0.25) is 5.90 Å². The molecular formula is C23H32N2O4. The van der Waals surface area contributed by atoms with Crippen molar-refractivity contribution in [3.8, 4) is 0 Å². The molecule has 0 spiro atoms. The van der Waals surface area contributed by atoms with E-state index < -0.39 is 12.1 Å². The van der Waals surface area contributed by atoms with Crippen molar-refractivity contribution < 1.29 is 19.4 Å². The average molecular weight is 401 g/mol. The molecule has 0 unspecified atom stereocenters. The number of aliphatic hydroxyl groups is 1. The number of ether oxygens (including phenoxy) is 2. The van der Waals surface area contributed by atoms with Gasteiger partial charge < -0.3 is 14.6 Å². The molecule has 1 saturated heterocycles. The molecule has 158 valence electrons. The van der Waals surface area contributed by atoms with Crippen LogP contribution >= 0.6 is 0 Å². The summed E-state index contributed by atoms with van der Waals surface area (Å²) in [6.07, 6.45) is 6.06. The third kappa shape index (κ3) is 4.33. The largest absolute Gasteiger partial charge is 0.475 e. The standard InChI is InChI=1S/C23H32N2O4/c1-15-11-16-7-3-4-8-17(16)12-25(15)13-21(26)20-14-29-22(24-20)18-9-5-6-10-19(18)23(27)28-2/h5-6,9-10,15-17,20-21,26H,3-4,7-8,11-14H2,1-2H3/t15-,16+,17-,20+,21-/m1/s1. The highest BCUT2D eigenvalue weighted by Gasteiger charge is 2.37. The smallest absolute Gasteiger partial charge is 0.338 e. The second kappa shape index (κ2) is 8.84. The number of methoxy groups -OCH3 is 1. The number of hydrogen-bond donors (Lipinski definition) is 1. The highest BCUT2D eigenvalue weighted by atomic mass is 16.5. The van der Waals surface area contributed by atoms with Crippen molar-refractivity contribution in [1.29, 1.82) is 0 Å². The van der Waals surface area contributed by atoms with E-state index in [9.17, 15) is 9.90 Å². The Morgan fingerprint density at radius 3 is 2.86 bits per heavy atom. The van der Waals surface area contributed by atoms with Gasteiger partial charge in [-0.1, -0.05) is 31.4 Å². The van der Waals surface area contributed by atoms with Gasteiger partial charge in [-0.25, -0.2) is 9.79 Å². The Hall–Kier alpha value is -1.92. The first kappa shape index (κ1) is 20.4. The molecular weight excluding hydrogens is 368 g/mol. The summed E-state index contributed by atoms with van der Waals surface area (Å²) in [4.78, 5) is 19.1. The minimum Gasteiger partial charge on any atom is -0.475 e. The molecule has 2 aliphatic heterocycles. The number of benzene rings is 1. The number of nitrogens with zero attached hydrogens (tertiary/aromatic N) is 2. The molecule has 1 aromatic carbocycles. The van der Waals surface area contributed by atoms with Crippen LogP contribution in [0.15, 0.2) is 29.3 Å². The van der Waals surface area contributed by atoms with E-state index in [0.29, 0.717) is 36.2 Å². The fourth-order valence-electron chi connectivity index (χ4n) is 5.21. The lowest BCUT2D eigenvalue weighted by molar-refractivity contribution is 0.00537. The van der Waals surface area contributed by atoms with Crippen LogP contribution in [-0.2, 0) is 9.47 Å².